The average molecular weight is 310 g/mol. The number of rotatable bonds is 2. The predicted octanol–water partition coefficient (Wildman–Crippen LogP) is 4.00. The highest BCUT2D eigenvalue weighted by Crippen LogP contribution is 2.47. The monoisotopic (exact) mass is 310 g/mol. The minimum atomic E-state index is -0.841. The standard InChI is InChI=1S/C18H18N2O3/c1-12(21)11-18(2)20-15(13-6-3-4-7-16(13)23-18)10-14(19-20)17-8-5-9-22-17/h3-9,11,15,21H,10H2,1-2H3/b12-11-/t15-,18-/m1/s1. The molecule has 0 aliphatic carbocycles. The summed E-state index contributed by atoms with van der Waals surface area (Å²) in [5, 5.41) is 16.4. The van der Waals surface area contributed by atoms with E-state index in [1.54, 1.807) is 19.3 Å². The topological polar surface area (TPSA) is 58.2 Å². The van der Waals surface area contributed by atoms with Crippen molar-refractivity contribution in [2.45, 2.75) is 32.0 Å². The number of aliphatic hydroxyl groups is 1. The van der Waals surface area contributed by atoms with E-state index in [2.05, 4.69) is 6.07 Å². The van der Waals surface area contributed by atoms with Crippen LogP contribution in [-0.4, -0.2) is 21.6 Å². The Labute approximate surface area is 134 Å². The smallest absolute Gasteiger partial charge is 0.218 e. The third-order valence-electron chi connectivity index (χ3n) is 4.24. The normalized spacial score (nSPS) is 26.3. The van der Waals surface area contributed by atoms with E-state index in [4.69, 9.17) is 14.3 Å². The van der Waals surface area contributed by atoms with Crippen LogP contribution in [0.25, 0.3) is 0 Å². The van der Waals surface area contributed by atoms with Crippen molar-refractivity contribution in [3.05, 3.63) is 65.8 Å². The van der Waals surface area contributed by atoms with E-state index in [1.165, 1.54) is 0 Å². The maximum atomic E-state index is 9.78. The Morgan fingerprint density at radius 3 is 2.91 bits per heavy atom. The highest BCUT2D eigenvalue weighted by Gasteiger charge is 2.47. The van der Waals surface area contributed by atoms with Gasteiger partial charge in [0.1, 0.15) is 17.2 Å². The van der Waals surface area contributed by atoms with E-state index in [0.717, 1.165) is 29.2 Å². The van der Waals surface area contributed by atoms with Crippen molar-refractivity contribution in [2.24, 2.45) is 5.10 Å². The Hall–Kier alpha value is -2.69. The fourth-order valence-corrected chi connectivity index (χ4v) is 3.35. The number of hydrazone groups is 1. The van der Waals surface area contributed by atoms with Gasteiger partial charge in [-0.2, -0.15) is 5.10 Å². The Balaban J connectivity index is 1.83. The second-order valence-electron chi connectivity index (χ2n) is 6.07. The van der Waals surface area contributed by atoms with Gasteiger partial charge in [0, 0.05) is 25.0 Å². The van der Waals surface area contributed by atoms with Crippen molar-refractivity contribution >= 4 is 5.71 Å². The minimum Gasteiger partial charge on any atom is -0.513 e. The molecular formula is C18H18N2O3. The van der Waals surface area contributed by atoms with Crippen LogP contribution in [0, 0.1) is 0 Å². The molecule has 5 heteroatoms. The van der Waals surface area contributed by atoms with Gasteiger partial charge in [-0.1, -0.05) is 18.2 Å². The highest BCUT2D eigenvalue weighted by molar-refractivity contribution is 5.99. The van der Waals surface area contributed by atoms with Crippen LogP contribution in [0.15, 0.2) is 64.0 Å². The number of para-hydroxylation sites is 1. The molecule has 0 unspecified atom stereocenters. The lowest BCUT2D eigenvalue weighted by Gasteiger charge is -2.44. The number of hydrogen-bond acceptors (Lipinski definition) is 5. The number of aliphatic hydroxyl groups excluding tert-OH is 1. The van der Waals surface area contributed by atoms with Gasteiger partial charge in [0.05, 0.1) is 18.1 Å². The highest BCUT2D eigenvalue weighted by atomic mass is 16.5. The van der Waals surface area contributed by atoms with Crippen molar-refractivity contribution in [1.82, 2.24) is 5.01 Å². The quantitative estimate of drug-likeness (QED) is 0.852. The molecule has 2 atom stereocenters. The number of fused-ring (bicyclic) bond motifs is 3. The summed E-state index contributed by atoms with van der Waals surface area (Å²) in [4.78, 5) is 0. The fourth-order valence-electron chi connectivity index (χ4n) is 3.35. The molecule has 0 saturated heterocycles. The maximum absolute atomic E-state index is 9.78. The summed E-state index contributed by atoms with van der Waals surface area (Å²) in [6.45, 7) is 3.54. The van der Waals surface area contributed by atoms with Crippen LogP contribution in [0.4, 0.5) is 0 Å². The van der Waals surface area contributed by atoms with E-state index in [1.807, 2.05) is 42.3 Å². The van der Waals surface area contributed by atoms with E-state index in [0.29, 0.717) is 0 Å². The van der Waals surface area contributed by atoms with Gasteiger partial charge in [0.25, 0.3) is 0 Å². The molecule has 2 aliphatic rings. The second kappa shape index (κ2) is 4.91. The van der Waals surface area contributed by atoms with Gasteiger partial charge in [-0.25, -0.2) is 5.01 Å². The van der Waals surface area contributed by atoms with E-state index in [-0.39, 0.29) is 11.8 Å². The first-order valence-electron chi connectivity index (χ1n) is 7.64. The van der Waals surface area contributed by atoms with Gasteiger partial charge in [-0.15, -0.1) is 0 Å². The molecule has 3 heterocycles. The number of ether oxygens (including phenoxy) is 1. The molecule has 0 spiro atoms. The molecule has 1 aromatic carbocycles. The zero-order valence-electron chi connectivity index (χ0n) is 13.1. The zero-order chi connectivity index (χ0) is 16.0. The second-order valence-corrected chi connectivity index (χ2v) is 6.07. The van der Waals surface area contributed by atoms with Gasteiger partial charge in [-0.3, -0.25) is 0 Å². The first kappa shape index (κ1) is 13.9. The Kier molecular flexibility index (Phi) is 2.98. The van der Waals surface area contributed by atoms with E-state index >= 15 is 0 Å². The Bertz CT molecular complexity index is 790. The molecule has 0 fully saturated rings. The number of benzene rings is 1. The predicted molar refractivity (Wildman–Crippen MR) is 86.3 cm³/mol. The molecule has 1 N–H and O–H groups in total. The summed E-state index contributed by atoms with van der Waals surface area (Å²) >= 11 is 0. The minimum absolute atomic E-state index is 0.0562. The summed E-state index contributed by atoms with van der Waals surface area (Å²) in [6, 6.07) is 11.8. The number of hydrogen-bond donors (Lipinski definition) is 1. The molecule has 0 bridgehead atoms. The number of furan rings is 1. The summed E-state index contributed by atoms with van der Waals surface area (Å²) in [7, 11) is 0. The SMILES string of the molecule is C/C(O)=C/[C@@]1(C)Oc2ccccc2[C@H]2CC(c3ccco3)=NN21. The Morgan fingerprint density at radius 2 is 2.17 bits per heavy atom. The van der Waals surface area contributed by atoms with Crippen LogP contribution >= 0.6 is 0 Å². The first-order chi connectivity index (χ1) is 11.1. The summed E-state index contributed by atoms with van der Waals surface area (Å²) in [5.41, 5.74) is 1.14. The first-order valence-corrected chi connectivity index (χ1v) is 7.64. The van der Waals surface area contributed by atoms with E-state index in [9.17, 15) is 5.11 Å². The maximum Gasteiger partial charge on any atom is 0.218 e. The molecule has 2 aliphatic heterocycles. The van der Waals surface area contributed by atoms with Gasteiger partial charge in [-0.05, 0) is 25.1 Å². The summed E-state index contributed by atoms with van der Waals surface area (Å²) in [5.74, 6) is 1.79. The summed E-state index contributed by atoms with van der Waals surface area (Å²) < 4.78 is 11.7. The molecule has 0 radical (unpaired) electrons. The van der Waals surface area contributed by atoms with Crippen molar-refractivity contribution in [2.75, 3.05) is 0 Å². The number of allylic oxidation sites excluding steroid dienone is 1. The average Bonchev–Trinajstić information content (AvgIpc) is 3.16. The zero-order valence-corrected chi connectivity index (χ0v) is 13.1. The van der Waals surface area contributed by atoms with Crippen molar-refractivity contribution in [3.63, 3.8) is 0 Å². The molecule has 0 saturated carbocycles. The molecule has 5 nitrogen and oxygen atoms in total. The van der Waals surface area contributed by atoms with Crippen LogP contribution in [0.1, 0.15) is 37.6 Å². The van der Waals surface area contributed by atoms with Crippen molar-refractivity contribution < 1.29 is 14.3 Å². The van der Waals surface area contributed by atoms with Crippen LogP contribution in [-0.2, 0) is 0 Å². The molecular weight excluding hydrogens is 292 g/mol. The third-order valence-corrected chi connectivity index (χ3v) is 4.24. The largest absolute Gasteiger partial charge is 0.513 e. The molecule has 1 aromatic heterocycles. The van der Waals surface area contributed by atoms with Crippen molar-refractivity contribution in [3.8, 4) is 5.75 Å². The van der Waals surface area contributed by atoms with Gasteiger partial charge < -0.3 is 14.3 Å². The van der Waals surface area contributed by atoms with Gasteiger partial charge in [0.15, 0.2) is 0 Å². The number of nitrogens with zero attached hydrogens (tertiary/aromatic N) is 2. The van der Waals surface area contributed by atoms with Gasteiger partial charge in [0.2, 0.25) is 5.72 Å². The van der Waals surface area contributed by atoms with Crippen LogP contribution < -0.4 is 4.74 Å². The lowest BCUT2D eigenvalue weighted by Crippen LogP contribution is -2.50. The molecule has 23 heavy (non-hydrogen) atoms. The third kappa shape index (κ3) is 2.20. The van der Waals surface area contributed by atoms with Crippen LogP contribution in [0.3, 0.4) is 0 Å². The fraction of sp³-hybridized carbons (Fsp3) is 0.278. The molecule has 118 valence electrons. The molecule has 4 rings (SSSR count). The summed E-state index contributed by atoms with van der Waals surface area (Å²) in [6.07, 6.45) is 4.07. The Morgan fingerprint density at radius 1 is 1.35 bits per heavy atom. The molecule has 2 aromatic rings. The van der Waals surface area contributed by atoms with Crippen LogP contribution in [0.2, 0.25) is 0 Å². The van der Waals surface area contributed by atoms with Gasteiger partial charge >= 0.3 is 0 Å². The van der Waals surface area contributed by atoms with Crippen LogP contribution in [0.5, 0.6) is 5.75 Å². The van der Waals surface area contributed by atoms with E-state index < -0.39 is 5.72 Å². The molecule has 0 amide bonds. The lowest BCUT2D eigenvalue weighted by atomic mass is 9.96. The lowest BCUT2D eigenvalue weighted by molar-refractivity contribution is -0.0697. The van der Waals surface area contributed by atoms with Crippen molar-refractivity contribution in [1.29, 1.82) is 0 Å².